The molecule has 0 saturated carbocycles. The molecule has 0 amide bonds. The summed E-state index contributed by atoms with van der Waals surface area (Å²) in [5.41, 5.74) is 11.3. The lowest BCUT2D eigenvalue weighted by molar-refractivity contribution is 0.404. The Balaban J connectivity index is 2.64. The Morgan fingerprint density at radius 3 is 2.73 bits per heavy atom. The molecule has 0 aliphatic heterocycles. The Bertz CT molecular complexity index is 180. The van der Waals surface area contributed by atoms with E-state index < -0.39 is 0 Å². The fourth-order valence-corrected chi connectivity index (χ4v) is 1.38. The maximum atomic E-state index is 6.01. The van der Waals surface area contributed by atoms with E-state index in [-0.39, 0.29) is 5.54 Å². The van der Waals surface area contributed by atoms with Gasteiger partial charge in [0.05, 0.1) is 0 Å². The maximum Gasteiger partial charge on any atom is 0.0377 e. The molecule has 1 aliphatic rings. The third kappa shape index (κ3) is 1.91. The highest BCUT2D eigenvalue weighted by atomic mass is 14.7. The fraction of sp³-hybridized carbons (Fsp3) is 0.556. The van der Waals surface area contributed by atoms with Gasteiger partial charge >= 0.3 is 0 Å². The molecule has 0 saturated heterocycles. The zero-order chi connectivity index (χ0) is 8.32. The second-order valence-corrected chi connectivity index (χ2v) is 3.29. The standard InChI is InChI=1S/C9H16N2/c1-9(11)6-3-2-4-8(9)5-7-10/h2-4,6,8H,5,7,10-11H2,1H3. The van der Waals surface area contributed by atoms with Crippen molar-refractivity contribution in [3.63, 3.8) is 0 Å². The number of nitrogens with two attached hydrogens (primary N) is 2. The molecule has 0 spiro atoms. The molecule has 0 aromatic carbocycles. The number of hydrogen-bond acceptors (Lipinski definition) is 2. The zero-order valence-electron chi connectivity index (χ0n) is 6.96. The second-order valence-electron chi connectivity index (χ2n) is 3.29. The molecule has 0 radical (unpaired) electrons. The van der Waals surface area contributed by atoms with E-state index >= 15 is 0 Å². The average molecular weight is 152 g/mol. The van der Waals surface area contributed by atoms with Crippen molar-refractivity contribution in [2.45, 2.75) is 18.9 Å². The summed E-state index contributed by atoms with van der Waals surface area (Å²) in [5.74, 6) is 0.400. The topological polar surface area (TPSA) is 52.0 Å². The Kier molecular flexibility index (Phi) is 2.47. The van der Waals surface area contributed by atoms with E-state index in [1.54, 1.807) is 0 Å². The molecule has 11 heavy (non-hydrogen) atoms. The molecule has 0 fully saturated rings. The quantitative estimate of drug-likeness (QED) is 0.614. The van der Waals surface area contributed by atoms with E-state index in [4.69, 9.17) is 11.5 Å². The summed E-state index contributed by atoms with van der Waals surface area (Å²) in [6, 6.07) is 0. The Hall–Kier alpha value is -0.600. The van der Waals surface area contributed by atoms with Crippen LogP contribution in [0, 0.1) is 5.92 Å². The average Bonchev–Trinajstić information content (AvgIpc) is 1.94. The molecule has 2 unspecified atom stereocenters. The van der Waals surface area contributed by atoms with Gasteiger partial charge in [0, 0.05) is 5.54 Å². The molecular weight excluding hydrogens is 136 g/mol. The van der Waals surface area contributed by atoms with Gasteiger partial charge < -0.3 is 11.5 Å². The van der Waals surface area contributed by atoms with Crippen LogP contribution in [0.4, 0.5) is 0 Å². The van der Waals surface area contributed by atoms with Gasteiger partial charge in [-0.25, -0.2) is 0 Å². The first kappa shape index (κ1) is 8.50. The van der Waals surface area contributed by atoms with E-state index in [9.17, 15) is 0 Å². The van der Waals surface area contributed by atoms with Crippen LogP contribution in [0.5, 0.6) is 0 Å². The van der Waals surface area contributed by atoms with Crippen LogP contribution < -0.4 is 11.5 Å². The maximum absolute atomic E-state index is 6.01. The van der Waals surface area contributed by atoms with Crippen molar-refractivity contribution in [3.8, 4) is 0 Å². The molecule has 0 aromatic heterocycles. The largest absolute Gasteiger partial charge is 0.330 e. The highest BCUT2D eigenvalue weighted by molar-refractivity contribution is 5.22. The summed E-state index contributed by atoms with van der Waals surface area (Å²) < 4.78 is 0. The highest BCUT2D eigenvalue weighted by Crippen LogP contribution is 2.23. The monoisotopic (exact) mass is 152 g/mol. The van der Waals surface area contributed by atoms with Gasteiger partial charge in [-0.15, -0.1) is 0 Å². The lowest BCUT2D eigenvalue weighted by atomic mass is 9.81. The summed E-state index contributed by atoms with van der Waals surface area (Å²) in [7, 11) is 0. The van der Waals surface area contributed by atoms with Crippen molar-refractivity contribution in [3.05, 3.63) is 24.3 Å². The van der Waals surface area contributed by atoms with Gasteiger partial charge in [-0.2, -0.15) is 0 Å². The van der Waals surface area contributed by atoms with Crippen molar-refractivity contribution < 1.29 is 0 Å². The molecule has 62 valence electrons. The smallest absolute Gasteiger partial charge is 0.0377 e. The first-order valence-corrected chi connectivity index (χ1v) is 4.02. The second kappa shape index (κ2) is 3.20. The Morgan fingerprint density at radius 1 is 1.45 bits per heavy atom. The summed E-state index contributed by atoms with van der Waals surface area (Å²) in [4.78, 5) is 0. The molecule has 1 aliphatic carbocycles. The van der Waals surface area contributed by atoms with E-state index in [1.165, 1.54) is 0 Å². The van der Waals surface area contributed by atoms with Crippen LogP contribution in [0.2, 0.25) is 0 Å². The zero-order valence-corrected chi connectivity index (χ0v) is 6.96. The number of allylic oxidation sites excluding steroid dienone is 2. The number of hydrogen-bond donors (Lipinski definition) is 2. The van der Waals surface area contributed by atoms with Crippen LogP contribution in [0.1, 0.15) is 13.3 Å². The minimum atomic E-state index is -0.200. The highest BCUT2D eigenvalue weighted by Gasteiger charge is 2.25. The fourth-order valence-electron chi connectivity index (χ4n) is 1.38. The molecule has 1 rings (SSSR count). The van der Waals surface area contributed by atoms with Gasteiger partial charge in [0.15, 0.2) is 0 Å². The van der Waals surface area contributed by atoms with E-state index in [2.05, 4.69) is 6.08 Å². The van der Waals surface area contributed by atoms with Gasteiger partial charge in [0.1, 0.15) is 0 Å². The lowest BCUT2D eigenvalue weighted by Crippen LogP contribution is -2.43. The van der Waals surface area contributed by atoms with Crippen molar-refractivity contribution in [1.29, 1.82) is 0 Å². The van der Waals surface area contributed by atoms with Gasteiger partial charge in [-0.05, 0) is 25.8 Å². The SMILES string of the molecule is CC1(N)C=CC=CC1CCN. The van der Waals surface area contributed by atoms with Crippen LogP contribution in [-0.2, 0) is 0 Å². The predicted molar refractivity (Wildman–Crippen MR) is 48.0 cm³/mol. The molecular formula is C9H16N2. The summed E-state index contributed by atoms with van der Waals surface area (Å²) in [5, 5.41) is 0. The van der Waals surface area contributed by atoms with Gasteiger partial charge in [0.2, 0.25) is 0 Å². The van der Waals surface area contributed by atoms with Crippen molar-refractivity contribution in [1.82, 2.24) is 0 Å². The molecule has 0 aromatic rings. The molecule has 2 heteroatoms. The van der Waals surface area contributed by atoms with Crippen LogP contribution in [-0.4, -0.2) is 12.1 Å². The van der Waals surface area contributed by atoms with E-state index in [0.29, 0.717) is 12.5 Å². The minimum Gasteiger partial charge on any atom is -0.330 e. The third-order valence-electron chi connectivity index (χ3n) is 2.19. The van der Waals surface area contributed by atoms with Crippen LogP contribution in [0.3, 0.4) is 0 Å². The minimum absolute atomic E-state index is 0.200. The normalized spacial score (nSPS) is 36.1. The summed E-state index contributed by atoms with van der Waals surface area (Å²) >= 11 is 0. The van der Waals surface area contributed by atoms with Crippen LogP contribution >= 0.6 is 0 Å². The third-order valence-corrected chi connectivity index (χ3v) is 2.19. The summed E-state index contributed by atoms with van der Waals surface area (Å²) in [6.45, 7) is 2.74. The Labute approximate surface area is 68.0 Å². The first-order chi connectivity index (χ1) is 5.17. The molecule has 0 bridgehead atoms. The number of rotatable bonds is 2. The first-order valence-electron chi connectivity index (χ1n) is 4.02. The molecule has 4 N–H and O–H groups in total. The summed E-state index contributed by atoms with van der Waals surface area (Å²) in [6.07, 6.45) is 9.16. The van der Waals surface area contributed by atoms with Crippen LogP contribution in [0.25, 0.3) is 0 Å². The Morgan fingerprint density at radius 2 is 2.18 bits per heavy atom. The molecule has 2 nitrogen and oxygen atoms in total. The van der Waals surface area contributed by atoms with Crippen molar-refractivity contribution >= 4 is 0 Å². The van der Waals surface area contributed by atoms with Crippen molar-refractivity contribution in [2.24, 2.45) is 17.4 Å². The van der Waals surface area contributed by atoms with Gasteiger partial charge in [0.25, 0.3) is 0 Å². The lowest BCUT2D eigenvalue weighted by Gasteiger charge is -2.30. The molecule has 0 heterocycles. The van der Waals surface area contributed by atoms with Gasteiger partial charge in [-0.1, -0.05) is 24.3 Å². The predicted octanol–water partition coefficient (Wildman–Crippen LogP) is 0.795. The van der Waals surface area contributed by atoms with Crippen molar-refractivity contribution in [2.75, 3.05) is 6.54 Å². The van der Waals surface area contributed by atoms with Gasteiger partial charge in [-0.3, -0.25) is 0 Å². The van der Waals surface area contributed by atoms with Crippen LogP contribution in [0.15, 0.2) is 24.3 Å². The molecule has 2 atom stereocenters. The van der Waals surface area contributed by atoms with E-state index in [1.807, 2.05) is 25.2 Å². The van der Waals surface area contributed by atoms with E-state index in [0.717, 1.165) is 6.42 Å².